The lowest BCUT2D eigenvalue weighted by Crippen LogP contribution is -2.48. The Hall–Kier alpha value is -5.82. The molecule has 0 aromatic heterocycles. The van der Waals surface area contributed by atoms with Crippen LogP contribution in [0.5, 0.6) is 0 Å². The summed E-state index contributed by atoms with van der Waals surface area (Å²) in [4.78, 5) is 46.6. The van der Waals surface area contributed by atoms with Crippen LogP contribution >= 0.6 is 48.9 Å². The molecule has 404 valence electrons. The van der Waals surface area contributed by atoms with Gasteiger partial charge < -0.3 is 42.5 Å². The lowest BCUT2D eigenvalue weighted by Gasteiger charge is -2.22. The largest absolute Gasteiger partial charge is 0.360 e. The fraction of sp³-hybridized carbons (Fsp3) is 0.418. The van der Waals surface area contributed by atoms with Gasteiger partial charge in [0.15, 0.2) is 20.4 Å². The number of benzene rings is 4. The molecule has 0 aliphatic carbocycles. The molecule has 0 aliphatic rings. The monoisotopic (exact) mass is 1080 g/mol. The van der Waals surface area contributed by atoms with Crippen LogP contribution in [-0.2, 0) is 44.9 Å². The first kappa shape index (κ1) is 71.4. The number of halogens is 2. The summed E-state index contributed by atoms with van der Waals surface area (Å²) in [5.41, 5.74) is 3.55. The minimum Gasteiger partial charge on any atom is -0.360 e. The van der Waals surface area contributed by atoms with Crippen molar-refractivity contribution in [2.24, 2.45) is 0 Å². The SMILES string of the molecule is C.C.C.CC(C)(C)NC(=S)NC(=O)Cc1cccc(F)c1.CC(C)(C)NC(=S)NC(=O)Cc1ccccc1F.CC(C)NC(=S)NC(=O)Cc1ccccc1.Cc1ccc(CC(=O)NC(=S)NC(C)(C)C)cc1. The maximum atomic E-state index is 13.3. The van der Waals surface area contributed by atoms with Crippen molar-refractivity contribution in [2.45, 2.75) is 154 Å². The van der Waals surface area contributed by atoms with Crippen molar-refractivity contribution in [1.29, 1.82) is 0 Å². The van der Waals surface area contributed by atoms with Crippen LogP contribution in [0.4, 0.5) is 8.78 Å². The summed E-state index contributed by atoms with van der Waals surface area (Å²) >= 11 is 20.0. The third kappa shape index (κ3) is 38.5. The highest BCUT2D eigenvalue weighted by atomic mass is 32.1. The summed E-state index contributed by atoms with van der Waals surface area (Å²) in [6.07, 6.45) is 0.759. The van der Waals surface area contributed by atoms with E-state index in [1.165, 1.54) is 23.8 Å². The molecular weight excluding hydrogens is 1000 g/mol. The highest BCUT2D eigenvalue weighted by Crippen LogP contribution is 2.08. The molecule has 0 fully saturated rings. The van der Waals surface area contributed by atoms with Crippen LogP contribution in [0.3, 0.4) is 0 Å². The van der Waals surface area contributed by atoms with Crippen molar-refractivity contribution in [3.05, 3.63) is 143 Å². The molecule has 4 amide bonds. The Morgan fingerprint density at radius 1 is 0.466 bits per heavy atom. The van der Waals surface area contributed by atoms with E-state index >= 15 is 0 Å². The molecule has 0 unspecified atom stereocenters. The maximum Gasteiger partial charge on any atom is 0.230 e. The van der Waals surface area contributed by atoms with Gasteiger partial charge in [0, 0.05) is 22.7 Å². The van der Waals surface area contributed by atoms with Crippen LogP contribution in [0.25, 0.3) is 0 Å². The predicted octanol–water partition coefficient (Wildman–Crippen LogP) is 10.2. The van der Waals surface area contributed by atoms with Gasteiger partial charge in [-0.3, -0.25) is 19.2 Å². The third-order valence-corrected chi connectivity index (χ3v) is 8.98. The number of hydrogen-bond donors (Lipinski definition) is 8. The summed E-state index contributed by atoms with van der Waals surface area (Å²) in [5.74, 6) is -1.52. The summed E-state index contributed by atoms with van der Waals surface area (Å²) in [7, 11) is 0. The predicted molar refractivity (Wildman–Crippen MR) is 315 cm³/mol. The number of hydrogen-bond acceptors (Lipinski definition) is 8. The van der Waals surface area contributed by atoms with Crippen molar-refractivity contribution in [1.82, 2.24) is 42.5 Å². The molecule has 4 aromatic rings. The van der Waals surface area contributed by atoms with Crippen LogP contribution in [-0.4, -0.2) is 66.7 Å². The van der Waals surface area contributed by atoms with Crippen molar-refractivity contribution in [3.8, 4) is 0 Å². The second-order valence-corrected chi connectivity index (χ2v) is 21.0. The minimum atomic E-state index is -0.387. The first-order chi connectivity index (χ1) is 32.4. The number of thiocarbonyl (C=S) groups is 4. The Balaban J connectivity index is -0.000000884. The molecule has 8 N–H and O–H groups in total. The van der Waals surface area contributed by atoms with Gasteiger partial charge >= 0.3 is 0 Å². The summed E-state index contributed by atoms with van der Waals surface area (Å²) in [6, 6.07) is 29.8. The van der Waals surface area contributed by atoms with Gasteiger partial charge in [0.05, 0.1) is 25.7 Å². The Morgan fingerprint density at radius 3 is 1.22 bits per heavy atom. The first-order valence-electron chi connectivity index (χ1n) is 22.4. The van der Waals surface area contributed by atoms with Gasteiger partial charge in [0.25, 0.3) is 0 Å². The number of nitrogens with one attached hydrogen (secondary N) is 8. The van der Waals surface area contributed by atoms with Crippen LogP contribution in [0.1, 0.15) is 126 Å². The van der Waals surface area contributed by atoms with Crippen LogP contribution < -0.4 is 42.5 Å². The van der Waals surface area contributed by atoms with Gasteiger partial charge in [-0.15, -0.1) is 0 Å². The fourth-order valence-corrected chi connectivity index (χ4v) is 7.03. The Labute approximate surface area is 457 Å². The quantitative estimate of drug-likeness (QED) is 0.0750. The highest BCUT2D eigenvalue weighted by Gasteiger charge is 2.16. The molecule has 0 saturated carbocycles. The highest BCUT2D eigenvalue weighted by molar-refractivity contribution is 7.80. The van der Waals surface area contributed by atoms with Crippen LogP contribution in [0.15, 0.2) is 103 Å². The first-order valence-corrected chi connectivity index (χ1v) is 24.0. The third-order valence-electron chi connectivity index (χ3n) is 8.15. The molecule has 4 rings (SSSR count). The van der Waals surface area contributed by atoms with Gasteiger partial charge in [-0.05, 0) is 172 Å². The molecule has 18 heteroatoms. The van der Waals surface area contributed by atoms with Gasteiger partial charge in [0.1, 0.15) is 11.6 Å². The Bertz CT molecular complexity index is 2370. The molecule has 12 nitrogen and oxygen atoms in total. The molecule has 0 atom stereocenters. The maximum absolute atomic E-state index is 13.3. The average Bonchev–Trinajstić information content (AvgIpc) is 3.18. The Morgan fingerprint density at radius 2 is 0.822 bits per heavy atom. The smallest absolute Gasteiger partial charge is 0.230 e. The van der Waals surface area contributed by atoms with Crippen molar-refractivity contribution >= 4 is 92.9 Å². The second-order valence-electron chi connectivity index (χ2n) is 19.3. The number of amides is 4. The Kier molecular flexibility index (Phi) is 34.6. The van der Waals surface area contributed by atoms with Crippen LogP contribution in [0, 0.1) is 18.6 Å². The van der Waals surface area contributed by atoms with E-state index in [4.69, 9.17) is 48.9 Å². The molecule has 0 heterocycles. The number of carbonyl (C=O) groups is 4. The number of rotatable bonds is 9. The van der Waals surface area contributed by atoms with Gasteiger partial charge in [-0.25, -0.2) is 8.78 Å². The topological polar surface area (TPSA) is 165 Å². The number of aryl methyl sites for hydroxylation is 1. The molecule has 0 saturated heterocycles. The lowest BCUT2D eigenvalue weighted by molar-refractivity contribution is -0.120. The van der Waals surface area contributed by atoms with E-state index in [1.807, 2.05) is 138 Å². The van der Waals surface area contributed by atoms with E-state index in [2.05, 4.69) is 42.5 Å². The molecule has 0 bridgehead atoms. The molecular formula is C55H82F2N8O4S4. The zero-order valence-electron chi connectivity index (χ0n) is 42.2. The van der Waals surface area contributed by atoms with E-state index in [0.717, 1.165) is 11.1 Å². The second kappa shape index (κ2) is 35.4. The zero-order valence-corrected chi connectivity index (χ0v) is 45.5. The molecule has 73 heavy (non-hydrogen) atoms. The van der Waals surface area contributed by atoms with E-state index < -0.39 is 0 Å². The molecule has 0 spiro atoms. The normalized spacial score (nSPS) is 10.2. The summed E-state index contributed by atoms with van der Waals surface area (Å²) in [5, 5.41) is 23.6. The van der Waals surface area contributed by atoms with Crippen molar-refractivity contribution in [3.63, 3.8) is 0 Å². The summed E-state index contributed by atoms with van der Waals surface area (Å²) in [6.45, 7) is 23.6. The van der Waals surface area contributed by atoms with Crippen molar-refractivity contribution < 1.29 is 28.0 Å². The zero-order chi connectivity index (χ0) is 53.2. The van der Waals surface area contributed by atoms with Crippen LogP contribution in [0.2, 0.25) is 0 Å². The lowest BCUT2D eigenvalue weighted by atomic mass is 10.1. The standard InChI is InChI=1S/C14H20N2OS.2C13H17FN2OS.C12H16N2OS.3CH4/c1-10-5-7-11(8-6-10)9-12(17)15-13(18)16-14(2,3)4;1-13(2,3)16-12(18)15-11(17)8-9-5-4-6-10(14)7-9;1-13(2,3)16-12(18)15-11(17)8-9-6-4-5-7-10(9)14;1-9(2)13-12(16)14-11(15)8-10-6-4-3-5-7-10;;;/h5-8H,9H2,1-4H3,(H2,15,16,17,18);2*4-7H,8H2,1-3H3,(H2,15,16,17,18);3-7,9H,8H2,1-2H3,(H2,13,14,15,16);3*1H4. The van der Waals surface area contributed by atoms with Gasteiger partial charge in [0.2, 0.25) is 23.6 Å². The van der Waals surface area contributed by atoms with E-state index in [0.29, 0.717) is 34.2 Å². The van der Waals surface area contributed by atoms with Gasteiger partial charge in [-0.1, -0.05) is 113 Å². The van der Waals surface area contributed by atoms with Gasteiger partial charge in [-0.2, -0.15) is 0 Å². The summed E-state index contributed by atoms with van der Waals surface area (Å²) < 4.78 is 26.3. The molecule has 0 aliphatic heterocycles. The average molecular weight is 1090 g/mol. The van der Waals surface area contributed by atoms with E-state index in [9.17, 15) is 28.0 Å². The van der Waals surface area contributed by atoms with E-state index in [-0.39, 0.29) is 103 Å². The number of carbonyl (C=O) groups excluding carboxylic acids is 4. The molecule has 4 aromatic carbocycles. The van der Waals surface area contributed by atoms with Crippen molar-refractivity contribution in [2.75, 3.05) is 0 Å². The van der Waals surface area contributed by atoms with E-state index in [1.54, 1.807) is 30.3 Å². The fourth-order valence-electron chi connectivity index (χ4n) is 5.42. The minimum absolute atomic E-state index is 0. The molecule has 0 radical (unpaired) electrons.